The van der Waals surface area contributed by atoms with Crippen molar-refractivity contribution in [1.82, 2.24) is 4.98 Å². The largest absolute Gasteiger partial charge is 0.481 e. The maximum absolute atomic E-state index is 10.5. The number of aliphatic carboxylic acids is 1. The van der Waals surface area contributed by atoms with Crippen molar-refractivity contribution in [3.05, 3.63) is 10.6 Å². The van der Waals surface area contributed by atoms with Crippen LogP contribution in [0.3, 0.4) is 0 Å². The highest BCUT2D eigenvalue weighted by atomic mass is 32.2. The molecule has 2 rings (SSSR count). The number of carbonyl (C=O) groups is 1. The van der Waals surface area contributed by atoms with Gasteiger partial charge in [-0.25, -0.2) is 4.98 Å². The zero-order valence-corrected chi connectivity index (χ0v) is 10.9. The number of hydrogen-bond donors (Lipinski definition) is 1. The van der Waals surface area contributed by atoms with Crippen LogP contribution in [-0.2, 0) is 17.6 Å². The van der Waals surface area contributed by atoms with Gasteiger partial charge in [0.25, 0.3) is 0 Å². The van der Waals surface area contributed by atoms with Gasteiger partial charge in [-0.1, -0.05) is 25.1 Å². The number of aryl methyl sites for hydroxylation is 1. The maximum atomic E-state index is 10.5. The molecule has 3 nitrogen and oxygen atoms in total. The van der Waals surface area contributed by atoms with E-state index in [1.807, 2.05) is 0 Å². The number of carboxylic acid groups (broad SMARTS) is 1. The number of rotatable bonds is 4. The second-order valence-electron chi connectivity index (χ2n) is 4.05. The lowest BCUT2D eigenvalue weighted by atomic mass is 9.89. The molecule has 5 heteroatoms. The first-order valence-corrected chi connectivity index (χ1v) is 7.32. The van der Waals surface area contributed by atoms with Gasteiger partial charge in [-0.05, 0) is 25.2 Å². The molecule has 0 saturated heterocycles. The van der Waals surface area contributed by atoms with Gasteiger partial charge in [-0.2, -0.15) is 0 Å². The lowest BCUT2D eigenvalue weighted by molar-refractivity contribution is -0.133. The van der Waals surface area contributed by atoms with Gasteiger partial charge < -0.3 is 5.11 Å². The van der Waals surface area contributed by atoms with Crippen molar-refractivity contribution in [3.8, 4) is 0 Å². The quantitative estimate of drug-likeness (QED) is 0.843. The van der Waals surface area contributed by atoms with Gasteiger partial charge in [0.15, 0.2) is 4.34 Å². The average molecular weight is 257 g/mol. The monoisotopic (exact) mass is 257 g/mol. The van der Waals surface area contributed by atoms with Crippen molar-refractivity contribution in [2.75, 3.05) is 5.75 Å². The van der Waals surface area contributed by atoms with Crippen LogP contribution in [0.5, 0.6) is 0 Å². The van der Waals surface area contributed by atoms with Crippen LogP contribution in [0.1, 0.15) is 30.3 Å². The molecule has 1 aromatic heterocycles. The summed E-state index contributed by atoms with van der Waals surface area (Å²) in [6, 6.07) is 0. The van der Waals surface area contributed by atoms with E-state index >= 15 is 0 Å². The maximum Gasteiger partial charge on any atom is 0.313 e. The first kappa shape index (κ1) is 11.9. The number of aromatic nitrogens is 1. The highest BCUT2D eigenvalue weighted by Gasteiger charge is 2.21. The smallest absolute Gasteiger partial charge is 0.313 e. The van der Waals surface area contributed by atoms with Gasteiger partial charge in [0, 0.05) is 4.88 Å². The number of carboxylic acids is 1. The van der Waals surface area contributed by atoms with Crippen LogP contribution in [0.2, 0.25) is 0 Å². The van der Waals surface area contributed by atoms with Gasteiger partial charge >= 0.3 is 5.97 Å². The molecule has 1 aliphatic rings. The van der Waals surface area contributed by atoms with Crippen molar-refractivity contribution >= 4 is 29.1 Å². The first-order chi connectivity index (χ1) is 7.69. The average Bonchev–Trinajstić information content (AvgIpc) is 2.67. The standard InChI is InChI=1S/C11H15NO2S2/c1-2-7-3-4-8-9(5-7)16-11(12-8)15-6-10(13)14/h7H,2-6H2,1H3,(H,13,14). The number of nitrogens with zero attached hydrogens (tertiary/aromatic N) is 1. The van der Waals surface area contributed by atoms with Gasteiger partial charge in [0.05, 0.1) is 11.4 Å². The molecule has 0 amide bonds. The number of hydrogen-bond acceptors (Lipinski definition) is 4. The van der Waals surface area contributed by atoms with E-state index in [1.54, 1.807) is 11.3 Å². The SMILES string of the molecule is CCC1CCc2nc(SCC(=O)O)sc2C1. The fourth-order valence-electron chi connectivity index (χ4n) is 1.95. The van der Waals surface area contributed by atoms with E-state index in [2.05, 4.69) is 11.9 Å². The Bertz CT molecular complexity index is 389. The summed E-state index contributed by atoms with van der Waals surface area (Å²) < 4.78 is 0.921. The normalized spacial score (nSPS) is 19.4. The van der Waals surface area contributed by atoms with E-state index in [0.717, 1.165) is 23.1 Å². The third kappa shape index (κ3) is 2.77. The molecule has 1 heterocycles. The molecule has 0 saturated carbocycles. The van der Waals surface area contributed by atoms with Crippen molar-refractivity contribution in [2.24, 2.45) is 5.92 Å². The third-order valence-corrected chi connectivity index (χ3v) is 5.17. The molecule has 1 unspecified atom stereocenters. The molecule has 0 aromatic carbocycles. The summed E-state index contributed by atoms with van der Waals surface area (Å²) in [7, 11) is 0. The van der Waals surface area contributed by atoms with Crippen molar-refractivity contribution < 1.29 is 9.90 Å². The van der Waals surface area contributed by atoms with E-state index < -0.39 is 5.97 Å². The Kier molecular flexibility index (Phi) is 3.86. The Morgan fingerprint density at radius 1 is 1.69 bits per heavy atom. The Balaban J connectivity index is 2.03. The molecule has 1 aliphatic carbocycles. The number of thiazole rings is 1. The summed E-state index contributed by atoms with van der Waals surface area (Å²) in [5.74, 6) is 0.138. The van der Waals surface area contributed by atoms with Crippen molar-refractivity contribution in [1.29, 1.82) is 0 Å². The predicted octanol–water partition coefficient (Wildman–Crippen LogP) is 2.83. The molecule has 88 valence electrons. The molecule has 0 spiro atoms. The van der Waals surface area contributed by atoms with Crippen LogP contribution in [0, 0.1) is 5.92 Å². The Labute approximate surface area is 103 Å². The second-order valence-corrected chi connectivity index (χ2v) is 6.36. The Morgan fingerprint density at radius 3 is 3.19 bits per heavy atom. The molecule has 0 radical (unpaired) electrons. The van der Waals surface area contributed by atoms with Gasteiger partial charge in [-0.3, -0.25) is 4.79 Å². The molecule has 0 bridgehead atoms. The first-order valence-electron chi connectivity index (χ1n) is 5.52. The minimum Gasteiger partial charge on any atom is -0.481 e. The van der Waals surface area contributed by atoms with Crippen LogP contribution in [-0.4, -0.2) is 21.8 Å². The van der Waals surface area contributed by atoms with Crippen molar-refractivity contribution in [3.63, 3.8) is 0 Å². The van der Waals surface area contributed by atoms with Crippen LogP contribution >= 0.6 is 23.1 Å². The van der Waals surface area contributed by atoms with Crippen LogP contribution < -0.4 is 0 Å². The lowest BCUT2D eigenvalue weighted by Gasteiger charge is -2.18. The van der Waals surface area contributed by atoms with E-state index in [1.165, 1.54) is 35.2 Å². The fourth-order valence-corrected chi connectivity index (χ4v) is 4.04. The summed E-state index contributed by atoms with van der Waals surface area (Å²) in [5, 5.41) is 8.61. The van der Waals surface area contributed by atoms with E-state index in [0.29, 0.717) is 0 Å². The molecular weight excluding hydrogens is 242 g/mol. The van der Waals surface area contributed by atoms with E-state index in [9.17, 15) is 4.79 Å². The molecule has 1 aromatic rings. The van der Waals surface area contributed by atoms with Gasteiger partial charge in [0.1, 0.15) is 0 Å². The molecule has 1 N–H and O–H groups in total. The number of fused-ring (bicyclic) bond motifs is 1. The van der Waals surface area contributed by atoms with Gasteiger partial charge in [0.2, 0.25) is 0 Å². The zero-order valence-electron chi connectivity index (χ0n) is 9.23. The summed E-state index contributed by atoms with van der Waals surface area (Å²) in [5.41, 5.74) is 1.21. The molecule has 16 heavy (non-hydrogen) atoms. The predicted molar refractivity (Wildman–Crippen MR) is 66.3 cm³/mol. The minimum absolute atomic E-state index is 0.115. The second kappa shape index (κ2) is 5.19. The highest BCUT2D eigenvalue weighted by Crippen LogP contribution is 2.34. The summed E-state index contributed by atoms with van der Waals surface area (Å²) >= 11 is 3.02. The Hall–Kier alpha value is -0.550. The Morgan fingerprint density at radius 2 is 2.50 bits per heavy atom. The topological polar surface area (TPSA) is 50.2 Å². The van der Waals surface area contributed by atoms with E-state index in [4.69, 9.17) is 5.11 Å². The van der Waals surface area contributed by atoms with Crippen molar-refractivity contribution in [2.45, 2.75) is 36.9 Å². The zero-order chi connectivity index (χ0) is 11.5. The minimum atomic E-state index is -0.774. The van der Waals surface area contributed by atoms with Crippen LogP contribution in [0.4, 0.5) is 0 Å². The molecule has 0 fully saturated rings. The molecule has 0 aliphatic heterocycles. The molecule has 1 atom stereocenters. The molecular formula is C11H15NO2S2. The summed E-state index contributed by atoms with van der Waals surface area (Å²) in [6.07, 6.45) is 4.67. The van der Waals surface area contributed by atoms with Crippen LogP contribution in [0.15, 0.2) is 4.34 Å². The van der Waals surface area contributed by atoms with Gasteiger partial charge in [-0.15, -0.1) is 11.3 Å². The highest BCUT2D eigenvalue weighted by molar-refractivity contribution is 8.01. The summed E-state index contributed by atoms with van der Waals surface area (Å²) in [4.78, 5) is 16.4. The van der Waals surface area contributed by atoms with E-state index in [-0.39, 0.29) is 5.75 Å². The third-order valence-electron chi connectivity index (χ3n) is 2.92. The van der Waals surface area contributed by atoms with Crippen LogP contribution in [0.25, 0.3) is 0 Å². The fraction of sp³-hybridized carbons (Fsp3) is 0.636. The summed E-state index contributed by atoms with van der Waals surface area (Å²) in [6.45, 7) is 2.23. The number of thioether (sulfide) groups is 1. The lowest BCUT2D eigenvalue weighted by Crippen LogP contribution is -2.11.